The molecule has 5 heteroatoms. The van der Waals surface area contributed by atoms with Crippen LogP contribution in [0.25, 0.3) is 0 Å². The van der Waals surface area contributed by atoms with Crippen LogP contribution in [0.4, 0.5) is 5.69 Å². The number of carbonyl (C=O) groups excluding carboxylic acids is 2. The van der Waals surface area contributed by atoms with Gasteiger partial charge in [0.15, 0.2) is 0 Å². The fourth-order valence-electron chi connectivity index (χ4n) is 4.03. The van der Waals surface area contributed by atoms with Crippen LogP contribution in [0.3, 0.4) is 0 Å². The van der Waals surface area contributed by atoms with Crippen LogP contribution in [-0.2, 0) is 17.6 Å². The summed E-state index contributed by atoms with van der Waals surface area (Å²) in [5.74, 6) is 0.766. The molecule has 1 N–H and O–H groups in total. The van der Waals surface area contributed by atoms with E-state index >= 15 is 0 Å². The summed E-state index contributed by atoms with van der Waals surface area (Å²) in [6.45, 7) is 1.61. The minimum Gasteiger partial charge on any atom is -0.339 e. The van der Waals surface area contributed by atoms with Gasteiger partial charge in [-0.2, -0.15) is 0 Å². The third-order valence-electron chi connectivity index (χ3n) is 5.72. The molecular formula is C22H25N3O2. The van der Waals surface area contributed by atoms with E-state index in [4.69, 9.17) is 0 Å². The summed E-state index contributed by atoms with van der Waals surface area (Å²) in [6, 6.07) is 9.82. The Hall–Kier alpha value is -2.69. The molecule has 0 saturated carbocycles. The molecule has 0 radical (unpaired) electrons. The SMILES string of the molecule is O=C1CCc2ccc(C(=O)N3CCC(CCc4cccnc4)CC3)cc2N1. The van der Waals surface area contributed by atoms with Crippen molar-refractivity contribution >= 4 is 17.5 Å². The molecule has 5 nitrogen and oxygen atoms in total. The second-order valence-electron chi connectivity index (χ2n) is 7.56. The summed E-state index contributed by atoms with van der Waals surface area (Å²) >= 11 is 0. The number of nitrogens with zero attached hydrogens (tertiary/aromatic N) is 2. The van der Waals surface area contributed by atoms with Gasteiger partial charge >= 0.3 is 0 Å². The second kappa shape index (κ2) is 7.91. The number of likely N-dealkylation sites (tertiary alicyclic amines) is 1. The highest BCUT2D eigenvalue weighted by Crippen LogP contribution is 2.27. The Bertz CT molecular complexity index is 827. The molecule has 2 amide bonds. The number of carbonyl (C=O) groups is 2. The molecule has 2 aliphatic heterocycles. The number of anilines is 1. The topological polar surface area (TPSA) is 62.3 Å². The third-order valence-corrected chi connectivity index (χ3v) is 5.72. The molecule has 0 bridgehead atoms. The Kier molecular flexibility index (Phi) is 5.19. The number of hydrogen-bond donors (Lipinski definition) is 1. The fourth-order valence-corrected chi connectivity index (χ4v) is 4.03. The average molecular weight is 363 g/mol. The number of piperidine rings is 1. The van der Waals surface area contributed by atoms with Gasteiger partial charge in [0, 0.05) is 43.2 Å². The van der Waals surface area contributed by atoms with E-state index in [-0.39, 0.29) is 11.8 Å². The Morgan fingerprint density at radius 3 is 2.81 bits per heavy atom. The largest absolute Gasteiger partial charge is 0.339 e. The van der Waals surface area contributed by atoms with Gasteiger partial charge in [0.25, 0.3) is 5.91 Å². The lowest BCUT2D eigenvalue weighted by Gasteiger charge is -2.32. The first-order chi connectivity index (χ1) is 13.2. The second-order valence-corrected chi connectivity index (χ2v) is 7.56. The first-order valence-corrected chi connectivity index (χ1v) is 9.80. The number of nitrogens with one attached hydrogen (secondary N) is 1. The molecule has 1 aromatic heterocycles. The monoisotopic (exact) mass is 363 g/mol. The van der Waals surface area contributed by atoms with E-state index in [1.54, 1.807) is 6.20 Å². The molecule has 140 valence electrons. The predicted octanol–water partition coefficient (Wildman–Crippen LogP) is 3.45. The maximum Gasteiger partial charge on any atom is 0.253 e. The van der Waals surface area contributed by atoms with Crippen molar-refractivity contribution in [1.29, 1.82) is 0 Å². The number of benzene rings is 1. The van der Waals surface area contributed by atoms with Crippen LogP contribution < -0.4 is 5.32 Å². The minimum absolute atomic E-state index is 0.0292. The highest BCUT2D eigenvalue weighted by Gasteiger charge is 2.24. The van der Waals surface area contributed by atoms with E-state index in [1.165, 1.54) is 5.56 Å². The molecule has 4 rings (SSSR count). The van der Waals surface area contributed by atoms with Crippen LogP contribution in [0.2, 0.25) is 0 Å². The molecule has 27 heavy (non-hydrogen) atoms. The maximum atomic E-state index is 12.9. The van der Waals surface area contributed by atoms with E-state index < -0.39 is 0 Å². The van der Waals surface area contributed by atoms with Crippen molar-refractivity contribution in [2.24, 2.45) is 5.92 Å². The number of amides is 2. The fraction of sp³-hybridized carbons (Fsp3) is 0.409. The van der Waals surface area contributed by atoms with Gasteiger partial charge in [-0.25, -0.2) is 0 Å². The van der Waals surface area contributed by atoms with Gasteiger partial charge in [0.05, 0.1) is 0 Å². The maximum absolute atomic E-state index is 12.9. The predicted molar refractivity (Wildman–Crippen MR) is 105 cm³/mol. The smallest absolute Gasteiger partial charge is 0.253 e. The molecule has 0 atom stereocenters. The van der Waals surface area contributed by atoms with Crippen molar-refractivity contribution in [3.63, 3.8) is 0 Å². The Morgan fingerprint density at radius 1 is 1.19 bits per heavy atom. The van der Waals surface area contributed by atoms with Gasteiger partial charge in [-0.15, -0.1) is 0 Å². The van der Waals surface area contributed by atoms with Crippen molar-refractivity contribution in [2.45, 2.75) is 38.5 Å². The summed E-state index contributed by atoms with van der Waals surface area (Å²) in [6.07, 6.45) is 9.31. The molecule has 2 aromatic rings. The van der Waals surface area contributed by atoms with Gasteiger partial charge in [-0.05, 0) is 67.3 Å². The van der Waals surface area contributed by atoms with Crippen LogP contribution in [0.15, 0.2) is 42.7 Å². The Labute approximate surface area is 159 Å². The zero-order valence-electron chi connectivity index (χ0n) is 15.5. The van der Waals surface area contributed by atoms with E-state index in [1.807, 2.05) is 35.4 Å². The lowest BCUT2D eigenvalue weighted by Crippen LogP contribution is -2.38. The minimum atomic E-state index is 0.0292. The van der Waals surface area contributed by atoms with Gasteiger partial charge in [-0.1, -0.05) is 12.1 Å². The first-order valence-electron chi connectivity index (χ1n) is 9.80. The first kappa shape index (κ1) is 17.7. The molecule has 3 heterocycles. The molecule has 1 saturated heterocycles. The van der Waals surface area contributed by atoms with Crippen LogP contribution in [0.1, 0.15) is 47.2 Å². The van der Waals surface area contributed by atoms with Gasteiger partial charge in [0.2, 0.25) is 5.91 Å². The summed E-state index contributed by atoms with van der Waals surface area (Å²) in [5.41, 5.74) is 3.86. The lowest BCUT2D eigenvalue weighted by molar-refractivity contribution is -0.116. The number of aryl methyl sites for hydroxylation is 2. The van der Waals surface area contributed by atoms with Crippen molar-refractivity contribution in [3.05, 3.63) is 59.4 Å². The number of hydrogen-bond acceptors (Lipinski definition) is 3. The standard InChI is InChI=1S/C22H25N3O2/c26-21-8-7-18-5-6-19(14-20(18)24-21)22(27)25-12-9-16(10-13-25)3-4-17-2-1-11-23-15-17/h1-2,5-6,11,14-16H,3-4,7-10,12-13H2,(H,24,26). The molecule has 2 aliphatic rings. The average Bonchev–Trinajstić information content (AvgIpc) is 2.72. The van der Waals surface area contributed by atoms with Crippen LogP contribution >= 0.6 is 0 Å². The molecule has 0 spiro atoms. The van der Waals surface area contributed by atoms with Crippen molar-refractivity contribution in [3.8, 4) is 0 Å². The summed E-state index contributed by atoms with van der Waals surface area (Å²) < 4.78 is 0. The quantitative estimate of drug-likeness (QED) is 0.905. The summed E-state index contributed by atoms with van der Waals surface area (Å²) in [5, 5.41) is 2.88. The van der Waals surface area contributed by atoms with Crippen molar-refractivity contribution in [2.75, 3.05) is 18.4 Å². The van der Waals surface area contributed by atoms with E-state index in [2.05, 4.69) is 16.4 Å². The zero-order valence-corrected chi connectivity index (χ0v) is 15.5. The molecule has 1 aromatic carbocycles. The van der Waals surface area contributed by atoms with Gasteiger partial charge in [-0.3, -0.25) is 14.6 Å². The normalized spacial score (nSPS) is 17.3. The van der Waals surface area contributed by atoms with Crippen LogP contribution in [0.5, 0.6) is 0 Å². The van der Waals surface area contributed by atoms with Crippen LogP contribution in [0, 0.1) is 5.92 Å². The van der Waals surface area contributed by atoms with Crippen molar-refractivity contribution in [1.82, 2.24) is 9.88 Å². The zero-order chi connectivity index (χ0) is 18.6. The third kappa shape index (κ3) is 4.18. The molecule has 0 aliphatic carbocycles. The summed E-state index contributed by atoms with van der Waals surface area (Å²) in [7, 11) is 0. The number of fused-ring (bicyclic) bond motifs is 1. The van der Waals surface area contributed by atoms with E-state index in [0.29, 0.717) is 17.9 Å². The summed E-state index contributed by atoms with van der Waals surface area (Å²) in [4.78, 5) is 30.6. The number of aromatic nitrogens is 1. The highest BCUT2D eigenvalue weighted by atomic mass is 16.2. The van der Waals surface area contributed by atoms with E-state index in [0.717, 1.165) is 56.4 Å². The Morgan fingerprint density at radius 2 is 2.04 bits per heavy atom. The highest BCUT2D eigenvalue weighted by molar-refractivity contribution is 5.99. The molecular weight excluding hydrogens is 338 g/mol. The van der Waals surface area contributed by atoms with E-state index in [9.17, 15) is 9.59 Å². The Balaban J connectivity index is 1.32. The van der Waals surface area contributed by atoms with Gasteiger partial charge < -0.3 is 10.2 Å². The number of rotatable bonds is 4. The molecule has 1 fully saturated rings. The van der Waals surface area contributed by atoms with Crippen molar-refractivity contribution < 1.29 is 9.59 Å². The number of pyridine rings is 1. The van der Waals surface area contributed by atoms with Crippen LogP contribution in [-0.4, -0.2) is 34.8 Å². The van der Waals surface area contributed by atoms with Gasteiger partial charge in [0.1, 0.15) is 0 Å². The lowest BCUT2D eigenvalue weighted by atomic mass is 9.90. The molecule has 0 unspecified atom stereocenters.